The second-order valence-electron chi connectivity index (χ2n) is 7.89. The van der Waals surface area contributed by atoms with Crippen LogP contribution in [0.4, 0.5) is 0 Å². The maximum atomic E-state index is 12.0. The molecule has 2 nitrogen and oxygen atoms in total. The molecule has 0 aliphatic carbocycles. The van der Waals surface area contributed by atoms with E-state index in [1.54, 1.807) is 24.4 Å². The molecule has 1 rings (SSSR count). The Kier molecular flexibility index (Phi) is 16.0. The number of benzene rings is 1. The molecule has 164 valence electrons. The van der Waals surface area contributed by atoms with Crippen molar-refractivity contribution in [3.8, 4) is 0 Å². The van der Waals surface area contributed by atoms with E-state index in [9.17, 15) is 4.79 Å². The normalized spacial score (nSPS) is 11.3. The van der Waals surface area contributed by atoms with Gasteiger partial charge >= 0.3 is 0 Å². The highest BCUT2D eigenvalue weighted by Gasteiger charge is 2.06. The molecule has 0 unspecified atom stereocenters. The quantitative estimate of drug-likeness (QED) is 0.240. The van der Waals surface area contributed by atoms with E-state index in [4.69, 9.17) is 23.2 Å². The van der Waals surface area contributed by atoms with E-state index in [-0.39, 0.29) is 5.91 Å². The van der Waals surface area contributed by atoms with Crippen LogP contribution in [0.1, 0.15) is 114 Å². The van der Waals surface area contributed by atoms with E-state index in [1.165, 1.54) is 89.9 Å². The van der Waals surface area contributed by atoms with Crippen LogP contribution in [0.15, 0.2) is 30.5 Å². The molecule has 0 spiro atoms. The summed E-state index contributed by atoms with van der Waals surface area (Å²) in [5.41, 5.74) is 0.514. The maximum Gasteiger partial charge on any atom is 0.255 e. The number of hydrogen-bond donors (Lipinski definition) is 1. The third-order valence-corrected chi connectivity index (χ3v) is 5.98. The summed E-state index contributed by atoms with van der Waals surface area (Å²) in [5, 5.41) is 3.62. The van der Waals surface area contributed by atoms with Crippen LogP contribution in [0.2, 0.25) is 10.0 Å². The molecule has 29 heavy (non-hydrogen) atoms. The molecule has 0 saturated heterocycles. The van der Waals surface area contributed by atoms with Gasteiger partial charge in [0.25, 0.3) is 5.91 Å². The van der Waals surface area contributed by atoms with Crippen molar-refractivity contribution in [2.45, 2.75) is 103 Å². The number of allylic oxidation sites excluding steroid dienone is 1. The first-order valence-electron chi connectivity index (χ1n) is 11.6. The lowest BCUT2D eigenvalue weighted by Crippen LogP contribution is -2.16. The summed E-state index contributed by atoms with van der Waals surface area (Å²) in [6.45, 7) is 2.28. The van der Waals surface area contributed by atoms with E-state index in [2.05, 4.69) is 12.2 Å². The molecular formula is C25H39Cl2NO. The van der Waals surface area contributed by atoms with Crippen molar-refractivity contribution < 1.29 is 4.79 Å². The molecule has 0 heterocycles. The van der Waals surface area contributed by atoms with Crippen LogP contribution in [0.5, 0.6) is 0 Å². The smallest absolute Gasteiger partial charge is 0.255 e. The second kappa shape index (κ2) is 17.8. The van der Waals surface area contributed by atoms with Crippen molar-refractivity contribution in [1.29, 1.82) is 0 Å². The van der Waals surface area contributed by atoms with Crippen LogP contribution < -0.4 is 5.32 Å². The van der Waals surface area contributed by atoms with Gasteiger partial charge in [0, 0.05) is 11.8 Å². The molecule has 1 aromatic rings. The van der Waals surface area contributed by atoms with E-state index < -0.39 is 0 Å². The molecular weight excluding hydrogens is 401 g/mol. The second-order valence-corrected chi connectivity index (χ2v) is 8.70. The van der Waals surface area contributed by atoms with Crippen LogP contribution in [0, 0.1) is 0 Å². The first-order valence-corrected chi connectivity index (χ1v) is 12.3. The molecule has 0 aliphatic rings. The Morgan fingerprint density at radius 3 is 1.83 bits per heavy atom. The Balaban J connectivity index is 1.89. The molecule has 0 saturated carbocycles. The Morgan fingerprint density at radius 1 is 0.793 bits per heavy atom. The highest BCUT2D eigenvalue weighted by Crippen LogP contribution is 2.22. The SMILES string of the molecule is CCCCCCCCCCCCCCCCC=CNC(=O)c1ccc(Cl)c(Cl)c1. The minimum absolute atomic E-state index is 0.166. The number of halogens is 2. The van der Waals surface area contributed by atoms with Gasteiger partial charge in [-0.15, -0.1) is 0 Å². The maximum absolute atomic E-state index is 12.0. The Morgan fingerprint density at radius 2 is 1.31 bits per heavy atom. The summed E-state index contributed by atoms with van der Waals surface area (Å²) >= 11 is 11.8. The van der Waals surface area contributed by atoms with Gasteiger partial charge in [0.15, 0.2) is 0 Å². The lowest BCUT2D eigenvalue weighted by Gasteiger charge is -2.03. The number of hydrogen-bond acceptors (Lipinski definition) is 1. The van der Waals surface area contributed by atoms with Gasteiger partial charge in [-0.25, -0.2) is 0 Å². The zero-order valence-corrected chi connectivity index (χ0v) is 19.7. The van der Waals surface area contributed by atoms with Crippen molar-refractivity contribution in [3.05, 3.63) is 46.1 Å². The molecule has 0 fully saturated rings. The zero-order chi connectivity index (χ0) is 21.2. The molecule has 0 bridgehead atoms. The van der Waals surface area contributed by atoms with Gasteiger partial charge in [-0.3, -0.25) is 4.79 Å². The van der Waals surface area contributed by atoms with Gasteiger partial charge in [0.1, 0.15) is 0 Å². The summed E-state index contributed by atoms with van der Waals surface area (Å²) in [5.74, 6) is -0.166. The fourth-order valence-electron chi connectivity index (χ4n) is 3.40. The standard InChI is InChI=1S/C25H39Cl2NO/c1-2-3-4-5-6-7-8-9-10-11-12-13-14-15-16-17-20-28-25(29)22-18-19-23(26)24(27)21-22/h17-21H,2-16H2,1H3,(H,28,29). The predicted molar refractivity (Wildman–Crippen MR) is 128 cm³/mol. The molecule has 0 aliphatic heterocycles. The number of rotatable bonds is 17. The minimum Gasteiger partial charge on any atom is -0.329 e. The highest BCUT2D eigenvalue weighted by molar-refractivity contribution is 6.42. The Labute approximate surface area is 188 Å². The molecule has 0 aromatic heterocycles. The Hall–Kier alpha value is -0.990. The van der Waals surface area contributed by atoms with Crippen molar-refractivity contribution in [3.63, 3.8) is 0 Å². The molecule has 1 amide bonds. The fourth-order valence-corrected chi connectivity index (χ4v) is 3.69. The average Bonchev–Trinajstić information content (AvgIpc) is 2.72. The monoisotopic (exact) mass is 439 g/mol. The van der Waals surface area contributed by atoms with E-state index in [1.807, 2.05) is 6.08 Å². The van der Waals surface area contributed by atoms with Gasteiger partial charge in [-0.05, 0) is 31.0 Å². The van der Waals surface area contributed by atoms with Gasteiger partial charge in [0.2, 0.25) is 0 Å². The summed E-state index contributed by atoms with van der Waals surface area (Å²) in [7, 11) is 0. The molecule has 0 radical (unpaired) electrons. The summed E-state index contributed by atoms with van der Waals surface area (Å²) < 4.78 is 0. The van der Waals surface area contributed by atoms with Gasteiger partial charge in [-0.2, -0.15) is 0 Å². The van der Waals surface area contributed by atoms with Crippen molar-refractivity contribution in [1.82, 2.24) is 5.32 Å². The van der Waals surface area contributed by atoms with Gasteiger partial charge < -0.3 is 5.32 Å². The van der Waals surface area contributed by atoms with Gasteiger partial charge in [-0.1, -0.05) is 120 Å². The van der Waals surface area contributed by atoms with Crippen molar-refractivity contribution in [2.75, 3.05) is 0 Å². The summed E-state index contributed by atoms with van der Waals surface area (Å²) in [6.07, 6.45) is 23.9. The number of amides is 1. The van der Waals surface area contributed by atoms with Crippen LogP contribution in [0.3, 0.4) is 0 Å². The minimum atomic E-state index is -0.166. The van der Waals surface area contributed by atoms with Crippen LogP contribution in [-0.2, 0) is 0 Å². The third-order valence-electron chi connectivity index (χ3n) is 5.24. The largest absolute Gasteiger partial charge is 0.329 e. The molecule has 0 atom stereocenters. The average molecular weight is 440 g/mol. The summed E-state index contributed by atoms with van der Waals surface area (Å²) in [4.78, 5) is 12.0. The number of unbranched alkanes of at least 4 members (excludes halogenated alkanes) is 14. The lowest BCUT2D eigenvalue weighted by atomic mass is 10.0. The first kappa shape index (κ1) is 26.0. The molecule has 1 aromatic carbocycles. The number of carbonyl (C=O) groups is 1. The van der Waals surface area contributed by atoms with Crippen LogP contribution in [-0.4, -0.2) is 5.91 Å². The van der Waals surface area contributed by atoms with Gasteiger partial charge in [0.05, 0.1) is 10.0 Å². The molecule has 4 heteroatoms. The topological polar surface area (TPSA) is 29.1 Å². The van der Waals surface area contributed by atoms with E-state index >= 15 is 0 Å². The summed E-state index contributed by atoms with van der Waals surface area (Å²) in [6, 6.07) is 4.89. The lowest BCUT2D eigenvalue weighted by molar-refractivity contribution is 0.0970. The van der Waals surface area contributed by atoms with Crippen molar-refractivity contribution >= 4 is 29.1 Å². The molecule has 1 N–H and O–H groups in total. The number of nitrogens with one attached hydrogen (secondary N) is 1. The highest BCUT2D eigenvalue weighted by atomic mass is 35.5. The van der Waals surface area contributed by atoms with Crippen molar-refractivity contribution in [2.24, 2.45) is 0 Å². The van der Waals surface area contributed by atoms with E-state index in [0.717, 1.165) is 6.42 Å². The fraction of sp³-hybridized carbons (Fsp3) is 0.640. The Bertz CT molecular complexity index is 586. The third kappa shape index (κ3) is 13.8. The predicted octanol–water partition coefficient (Wildman–Crippen LogP) is 9.11. The van der Waals surface area contributed by atoms with E-state index in [0.29, 0.717) is 15.6 Å². The zero-order valence-electron chi connectivity index (χ0n) is 18.2. The first-order chi connectivity index (χ1) is 14.1. The van der Waals surface area contributed by atoms with Crippen LogP contribution >= 0.6 is 23.2 Å². The number of carbonyl (C=O) groups excluding carboxylic acids is 1. The van der Waals surface area contributed by atoms with Crippen LogP contribution in [0.25, 0.3) is 0 Å².